The third-order valence-electron chi connectivity index (χ3n) is 3.08. The van der Waals surface area contributed by atoms with Crippen LogP contribution in [0.15, 0.2) is 4.52 Å². The molecule has 1 amide bonds. The molecule has 0 unspecified atom stereocenters. The van der Waals surface area contributed by atoms with Crippen molar-refractivity contribution >= 4 is 11.9 Å². The summed E-state index contributed by atoms with van der Waals surface area (Å²) in [4.78, 5) is 19.4. The maximum absolute atomic E-state index is 11.5. The Hall–Kier alpha value is -1.67. The van der Waals surface area contributed by atoms with Crippen LogP contribution in [0.1, 0.15) is 12.8 Å². The molecule has 2 atom stereocenters. The molecule has 0 radical (unpaired) electrons. The largest absolute Gasteiger partial charge is 0.375 e. The molecule has 0 bridgehead atoms. The fourth-order valence-corrected chi connectivity index (χ4v) is 2.14. The third kappa shape index (κ3) is 3.02. The van der Waals surface area contributed by atoms with Gasteiger partial charge in [0.05, 0.1) is 19.3 Å². The maximum atomic E-state index is 11.5. The summed E-state index contributed by atoms with van der Waals surface area (Å²) < 4.78 is 10.6. The van der Waals surface area contributed by atoms with Gasteiger partial charge in [-0.3, -0.25) is 9.69 Å². The first-order valence-corrected chi connectivity index (χ1v) is 6.14. The van der Waals surface area contributed by atoms with Crippen LogP contribution >= 0.6 is 0 Å². The summed E-state index contributed by atoms with van der Waals surface area (Å²) in [6.07, 6.45) is -0.234. The summed E-state index contributed by atoms with van der Waals surface area (Å²) in [6, 6.07) is -0.469. The molecule has 1 fully saturated rings. The lowest BCUT2D eigenvalue weighted by molar-refractivity contribution is -0.136. The van der Waals surface area contributed by atoms with Crippen LogP contribution in [0.3, 0.4) is 0 Å². The summed E-state index contributed by atoms with van der Waals surface area (Å²) in [5.41, 5.74) is 5.42. The van der Waals surface area contributed by atoms with E-state index in [0.29, 0.717) is 31.5 Å². The van der Waals surface area contributed by atoms with Gasteiger partial charge in [-0.25, -0.2) is 0 Å². The first kappa shape index (κ1) is 13.8. The number of nitrogens with zero attached hydrogens (tertiary/aromatic N) is 4. The molecule has 2 rings (SSSR count). The molecule has 0 saturated carbocycles. The normalized spacial score (nSPS) is 24.4. The van der Waals surface area contributed by atoms with Gasteiger partial charge in [0.2, 0.25) is 11.8 Å². The maximum Gasteiger partial charge on any atom is 0.265 e. The second kappa shape index (κ2) is 5.54. The molecule has 1 aromatic heterocycles. The highest BCUT2D eigenvalue weighted by Crippen LogP contribution is 2.17. The fourth-order valence-electron chi connectivity index (χ4n) is 2.14. The summed E-state index contributed by atoms with van der Waals surface area (Å²) in [6.45, 7) is 3.39. The van der Waals surface area contributed by atoms with Gasteiger partial charge in [0, 0.05) is 20.6 Å². The molecule has 2 heterocycles. The molecule has 0 spiro atoms. The molecule has 1 aromatic rings. The Balaban J connectivity index is 2.09. The predicted octanol–water partition coefficient (Wildman–Crippen LogP) is -0.790. The number of carbonyl (C=O) groups is 1. The Morgan fingerprint density at radius 3 is 2.89 bits per heavy atom. The minimum absolute atomic E-state index is 0.234. The quantitative estimate of drug-likeness (QED) is 0.765. The van der Waals surface area contributed by atoms with Crippen LogP contribution in [0, 0.1) is 0 Å². The number of ether oxygens (including phenoxy) is 1. The SMILES string of the molecule is C[C@H]1OCCN(Cc2nc(N(C)C)no2)[C@@H]1C(N)=O. The molecule has 0 aliphatic carbocycles. The van der Waals surface area contributed by atoms with E-state index in [1.165, 1.54) is 0 Å². The first-order chi connectivity index (χ1) is 8.99. The molecule has 106 valence electrons. The highest BCUT2D eigenvalue weighted by molar-refractivity contribution is 5.80. The van der Waals surface area contributed by atoms with E-state index < -0.39 is 11.9 Å². The third-order valence-corrected chi connectivity index (χ3v) is 3.08. The van der Waals surface area contributed by atoms with E-state index in [1.54, 1.807) is 4.90 Å². The Morgan fingerprint density at radius 1 is 1.58 bits per heavy atom. The van der Waals surface area contributed by atoms with Gasteiger partial charge in [0.1, 0.15) is 6.04 Å². The van der Waals surface area contributed by atoms with Crippen molar-refractivity contribution in [3.05, 3.63) is 5.89 Å². The zero-order chi connectivity index (χ0) is 14.0. The molecule has 0 aromatic carbocycles. The average Bonchev–Trinajstić information content (AvgIpc) is 2.77. The minimum atomic E-state index is -0.469. The van der Waals surface area contributed by atoms with Crippen molar-refractivity contribution in [1.82, 2.24) is 15.0 Å². The summed E-state index contributed by atoms with van der Waals surface area (Å²) in [5.74, 6) is 0.565. The van der Waals surface area contributed by atoms with E-state index in [4.69, 9.17) is 15.0 Å². The number of rotatable bonds is 4. The number of aromatic nitrogens is 2. The Bertz CT molecular complexity index is 447. The topological polar surface area (TPSA) is 97.7 Å². The van der Waals surface area contributed by atoms with Crippen molar-refractivity contribution in [2.24, 2.45) is 5.73 Å². The number of hydrogen-bond acceptors (Lipinski definition) is 7. The molecule has 8 heteroatoms. The summed E-state index contributed by atoms with van der Waals surface area (Å²) in [7, 11) is 3.66. The van der Waals surface area contributed by atoms with Gasteiger partial charge in [-0.2, -0.15) is 4.98 Å². The summed E-state index contributed by atoms with van der Waals surface area (Å²) in [5, 5.41) is 3.84. The van der Waals surface area contributed by atoms with Gasteiger partial charge in [0.25, 0.3) is 5.95 Å². The summed E-state index contributed by atoms with van der Waals surface area (Å²) >= 11 is 0. The second-order valence-corrected chi connectivity index (χ2v) is 4.78. The van der Waals surface area contributed by atoms with E-state index in [1.807, 2.05) is 25.9 Å². The molecule has 1 saturated heterocycles. The van der Waals surface area contributed by atoms with Crippen LogP contribution in [0.25, 0.3) is 0 Å². The predicted molar refractivity (Wildman–Crippen MR) is 67.4 cm³/mol. The highest BCUT2D eigenvalue weighted by atomic mass is 16.5. The van der Waals surface area contributed by atoms with Gasteiger partial charge in [0.15, 0.2) is 0 Å². The lowest BCUT2D eigenvalue weighted by atomic mass is 10.1. The van der Waals surface area contributed by atoms with Crippen LogP contribution in [0.2, 0.25) is 0 Å². The standard InChI is InChI=1S/C11H19N5O3/c1-7-9(10(12)17)16(4-5-18-7)6-8-13-11(14-19-8)15(2)3/h7,9H,4-6H2,1-3H3,(H2,12,17)/t7-,9+/m1/s1. The molecular weight excluding hydrogens is 250 g/mol. The lowest BCUT2D eigenvalue weighted by Crippen LogP contribution is -2.56. The van der Waals surface area contributed by atoms with Crippen LogP contribution in [-0.4, -0.2) is 60.3 Å². The van der Waals surface area contributed by atoms with E-state index in [0.717, 1.165) is 0 Å². The van der Waals surface area contributed by atoms with Crippen molar-refractivity contribution in [3.63, 3.8) is 0 Å². The van der Waals surface area contributed by atoms with E-state index in [9.17, 15) is 4.79 Å². The van der Waals surface area contributed by atoms with E-state index >= 15 is 0 Å². The number of nitrogens with two attached hydrogens (primary N) is 1. The zero-order valence-corrected chi connectivity index (χ0v) is 11.4. The smallest absolute Gasteiger partial charge is 0.265 e. The van der Waals surface area contributed by atoms with Crippen molar-refractivity contribution < 1.29 is 14.1 Å². The van der Waals surface area contributed by atoms with Gasteiger partial charge < -0.3 is 19.9 Å². The zero-order valence-electron chi connectivity index (χ0n) is 11.4. The van der Waals surface area contributed by atoms with Crippen LogP contribution in [0.5, 0.6) is 0 Å². The average molecular weight is 269 g/mol. The van der Waals surface area contributed by atoms with E-state index in [-0.39, 0.29) is 6.10 Å². The Morgan fingerprint density at radius 2 is 2.32 bits per heavy atom. The van der Waals surface area contributed by atoms with Gasteiger partial charge in [-0.05, 0) is 12.1 Å². The number of morpholine rings is 1. The molecule has 1 aliphatic heterocycles. The molecule has 8 nitrogen and oxygen atoms in total. The fraction of sp³-hybridized carbons (Fsp3) is 0.727. The van der Waals surface area contributed by atoms with Crippen LogP contribution in [-0.2, 0) is 16.1 Å². The van der Waals surface area contributed by atoms with Crippen molar-refractivity contribution in [3.8, 4) is 0 Å². The lowest BCUT2D eigenvalue weighted by Gasteiger charge is -2.36. The highest BCUT2D eigenvalue weighted by Gasteiger charge is 2.34. The minimum Gasteiger partial charge on any atom is -0.375 e. The van der Waals surface area contributed by atoms with Crippen molar-refractivity contribution in [1.29, 1.82) is 0 Å². The van der Waals surface area contributed by atoms with Crippen molar-refractivity contribution in [2.45, 2.75) is 25.6 Å². The van der Waals surface area contributed by atoms with Gasteiger partial charge >= 0.3 is 0 Å². The van der Waals surface area contributed by atoms with Crippen LogP contribution in [0.4, 0.5) is 5.95 Å². The van der Waals surface area contributed by atoms with E-state index in [2.05, 4.69) is 10.1 Å². The Labute approximate surface area is 111 Å². The molecule has 19 heavy (non-hydrogen) atoms. The number of carbonyl (C=O) groups excluding carboxylic acids is 1. The monoisotopic (exact) mass is 269 g/mol. The van der Waals surface area contributed by atoms with Crippen LogP contribution < -0.4 is 10.6 Å². The van der Waals surface area contributed by atoms with Crippen molar-refractivity contribution in [2.75, 3.05) is 32.1 Å². The molecular formula is C11H19N5O3. The molecule has 2 N–H and O–H groups in total. The number of amides is 1. The molecule has 1 aliphatic rings. The number of hydrogen-bond donors (Lipinski definition) is 1. The first-order valence-electron chi connectivity index (χ1n) is 6.14. The van der Waals surface area contributed by atoms with Gasteiger partial charge in [-0.1, -0.05) is 0 Å². The second-order valence-electron chi connectivity index (χ2n) is 4.78. The number of primary amides is 1. The number of anilines is 1. The Kier molecular flexibility index (Phi) is 4.01. The van der Waals surface area contributed by atoms with Gasteiger partial charge in [-0.15, -0.1) is 0 Å².